The monoisotopic (exact) mass is 282 g/mol. The Kier molecular flexibility index (Phi) is 5.01. The number of alkyl carbamates (subject to hydrolysis) is 1. The molecule has 1 atom stereocenters. The topological polar surface area (TPSA) is 108 Å². The van der Waals surface area contributed by atoms with Crippen molar-refractivity contribution < 1.29 is 24.0 Å². The summed E-state index contributed by atoms with van der Waals surface area (Å²) in [6.45, 7) is 3.06. The summed E-state index contributed by atoms with van der Waals surface area (Å²) in [6, 6.07) is 4.35. The number of hydrogen-bond acceptors (Lipinski definition) is 6. The van der Waals surface area contributed by atoms with E-state index in [9.17, 15) is 19.7 Å². The summed E-state index contributed by atoms with van der Waals surface area (Å²) in [5, 5.41) is 12.8. The molecule has 0 spiro atoms. The first-order valence-electron chi connectivity index (χ1n) is 5.65. The first-order valence-corrected chi connectivity index (χ1v) is 5.65. The largest absolute Gasteiger partial charge is 0.474 e. The van der Waals surface area contributed by atoms with Crippen LogP contribution in [0, 0.1) is 17.0 Å². The number of carbonyl (C=O) groups excluding carboxylic acids is 2. The van der Waals surface area contributed by atoms with E-state index in [0.717, 1.165) is 7.11 Å². The Morgan fingerprint density at radius 1 is 1.40 bits per heavy atom. The van der Waals surface area contributed by atoms with Crippen LogP contribution in [0.2, 0.25) is 0 Å². The molecule has 2 amide bonds. The van der Waals surface area contributed by atoms with Crippen LogP contribution in [0.15, 0.2) is 18.2 Å². The van der Waals surface area contributed by atoms with Crippen LogP contribution in [-0.2, 0) is 9.53 Å². The van der Waals surface area contributed by atoms with Gasteiger partial charge < -0.3 is 9.47 Å². The van der Waals surface area contributed by atoms with Crippen molar-refractivity contribution in [2.75, 3.05) is 7.11 Å². The molecule has 1 aromatic rings. The van der Waals surface area contributed by atoms with Crippen LogP contribution in [0.5, 0.6) is 5.75 Å². The lowest BCUT2D eigenvalue weighted by atomic mass is 10.2. The zero-order chi connectivity index (χ0) is 15.3. The highest BCUT2D eigenvalue weighted by atomic mass is 16.6. The minimum absolute atomic E-state index is 0.0480. The maximum absolute atomic E-state index is 11.6. The van der Waals surface area contributed by atoms with E-state index in [1.165, 1.54) is 19.1 Å². The summed E-state index contributed by atoms with van der Waals surface area (Å²) in [6.07, 6.45) is -2.01. The van der Waals surface area contributed by atoms with Gasteiger partial charge in [-0.1, -0.05) is 6.07 Å². The molecule has 0 heterocycles. The highest BCUT2D eigenvalue weighted by Gasteiger charge is 2.22. The SMILES string of the molecule is COC(=O)NC(=O)[C@@H](C)Oc1ccc(C)cc1[N+](=O)[O-]. The van der Waals surface area contributed by atoms with Gasteiger partial charge in [-0.3, -0.25) is 20.2 Å². The number of amides is 2. The van der Waals surface area contributed by atoms with Crippen LogP contribution in [0.25, 0.3) is 0 Å². The van der Waals surface area contributed by atoms with Gasteiger partial charge >= 0.3 is 11.8 Å². The number of hydrogen-bond donors (Lipinski definition) is 1. The van der Waals surface area contributed by atoms with Gasteiger partial charge in [0.1, 0.15) is 0 Å². The fourth-order valence-electron chi connectivity index (χ4n) is 1.37. The number of carbonyl (C=O) groups is 2. The Hall–Kier alpha value is -2.64. The molecule has 0 unspecified atom stereocenters. The van der Waals surface area contributed by atoms with Crippen molar-refractivity contribution in [3.05, 3.63) is 33.9 Å². The maximum atomic E-state index is 11.6. The van der Waals surface area contributed by atoms with Crippen LogP contribution < -0.4 is 10.1 Å². The molecule has 108 valence electrons. The first kappa shape index (κ1) is 15.4. The lowest BCUT2D eigenvalue weighted by molar-refractivity contribution is -0.386. The van der Waals surface area contributed by atoms with Gasteiger partial charge in [-0.2, -0.15) is 0 Å². The van der Waals surface area contributed by atoms with E-state index in [0.29, 0.717) is 5.56 Å². The Labute approximate surface area is 114 Å². The first-order chi connectivity index (χ1) is 9.35. The minimum atomic E-state index is -1.09. The molecule has 0 fully saturated rings. The van der Waals surface area contributed by atoms with Crippen molar-refractivity contribution in [1.82, 2.24) is 5.32 Å². The maximum Gasteiger partial charge on any atom is 0.413 e. The van der Waals surface area contributed by atoms with Crippen molar-refractivity contribution in [2.45, 2.75) is 20.0 Å². The number of imide groups is 1. The molecular formula is C12H14N2O6. The number of rotatable bonds is 4. The van der Waals surface area contributed by atoms with Gasteiger partial charge in [0.2, 0.25) is 0 Å². The van der Waals surface area contributed by atoms with Crippen molar-refractivity contribution in [2.24, 2.45) is 0 Å². The molecule has 8 heteroatoms. The summed E-state index contributed by atoms with van der Waals surface area (Å²) in [5.41, 5.74) is 0.443. The van der Waals surface area contributed by atoms with E-state index in [2.05, 4.69) is 4.74 Å². The number of aryl methyl sites for hydroxylation is 1. The molecular weight excluding hydrogens is 268 g/mol. The molecule has 0 saturated heterocycles. The van der Waals surface area contributed by atoms with Gasteiger partial charge in [0.15, 0.2) is 11.9 Å². The van der Waals surface area contributed by atoms with E-state index in [-0.39, 0.29) is 11.4 Å². The van der Waals surface area contributed by atoms with E-state index >= 15 is 0 Å². The molecule has 0 radical (unpaired) electrons. The molecule has 20 heavy (non-hydrogen) atoms. The van der Waals surface area contributed by atoms with Crippen molar-refractivity contribution >= 4 is 17.7 Å². The second-order valence-corrected chi connectivity index (χ2v) is 3.97. The number of ether oxygens (including phenoxy) is 2. The van der Waals surface area contributed by atoms with Gasteiger partial charge in [0.25, 0.3) is 5.91 Å². The third-order valence-corrected chi connectivity index (χ3v) is 2.39. The van der Waals surface area contributed by atoms with E-state index < -0.39 is 23.0 Å². The average molecular weight is 282 g/mol. The second-order valence-electron chi connectivity index (χ2n) is 3.97. The summed E-state index contributed by atoms with van der Waals surface area (Å²) >= 11 is 0. The number of methoxy groups -OCH3 is 1. The highest BCUT2D eigenvalue weighted by Crippen LogP contribution is 2.28. The Morgan fingerprint density at radius 3 is 2.60 bits per heavy atom. The summed E-state index contributed by atoms with van der Waals surface area (Å²) in [4.78, 5) is 32.7. The predicted octanol–water partition coefficient (Wildman–Crippen LogP) is 1.55. The molecule has 0 aliphatic carbocycles. The Bertz CT molecular complexity index is 543. The van der Waals surface area contributed by atoms with E-state index in [1.807, 2.05) is 5.32 Å². The quantitative estimate of drug-likeness (QED) is 0.663. The van der Waals surface area contributed by atoms with Gasteiger partial charge in [-0.05, 0) is 25.5 Å². The Morgan fingerprint density at radius 2 is 2.05 bits per heavy atom. The number of nitrogens with one attached hydrogen (secondary N) is 1. The van der Waals surface area contributed by atoms with Gasteiger partial charge in [-0.15, -0.1) is 0 Å². The van der Waals surface area contributed by atoms with Crippen LogP contribution in [0.3, 0.4) is 0 Å². The molecule has 0 aliphatic rings. The fraction of sp³-hybridized carbons (Fsp3) is 0.333. The fourth-order valence-corrected chi connectivity index (χ4v) is 1.37. The lowest BCUT2D eigenvalue weighted by Gasteiger charge is -2.13. The third-order valence-electron chi connectivity index (χ3n) is 2.39. The van der Waals surface area contributed by atoms with Crippen LogP contribution in [0.4, 0.5) is 10.5 Å². The molecule has 0 saturated carbocycles. The molecule has 1 rings (SSSR count). The molecule has 0 aromatic heterocycles. The van der Waals surface area contributed by atoms with Gasteiger partial charge in [-0.25, -0.2) is 4.79 Å². The van der Waals surface area contributed by atoms with Crippen LogP contribution in [-0.4, -0.2) is 30.1 Å². The molecule has 1 N–H and O–H groups in total. The van der Waals surface area contributed by atoms with Gasteiger partial charge in [0, 0.05) is 6.07 Å². The van der Waals surface area contributed by atoms with Crippen LogP contribution >= 0.6 is 0 Å². The van der Waals surface area contributed by atoms with E-state index in [1.54, 1.807) is 13.0 Å². The normalized spacial score (nSPS) is 11.3. The second kappa shape index (κ2) is 6.50. The Balaban J connectivity index is 2.85. The zero-order valence-electron chi connectivity index (χ0n) is 11.2. The minimum Gasteiger partial charge on any atom is -0.474 e. The standard InChI is InChI=1S/C12H14N2O6/c1-7-4-5-10(9(6-7)14(17)18)20-8(2)11(15)13-12(16)19-3/h4-6,8H,1-3H3,(H,13,15,16)/t8-/m1/s1. The van der Waals surface area contributed by atoms with Crippen LogP contribution in [0.1, 0.15) is 12.5 Å². The van der Waals surface area contributed by atoms with Crippen molar-refractivity contribution in [3.8, 4) is 5.75 Å². The summed E-state index contributed by atoms with van der Waals surface area (Å²) in [5.74, 6) is -0.806. The lowest BCUT2D eigenvalue weighted by Crippen LogP contribution is -2.40. The van der Waals surface area contributed by atoms with Crippen molar-refractivity contribution in [1.29, 1.82) is 0 Å². The molecule has 1 aromatic carbocycles. The number of nitrogens with zero attached hydrogens (tertiary/aromatic N) is 1. The molecule has 0 bridgehead atoms. The number of nitro benzene ring substituents is 1. The number of benzene rings is 1. The third kappa shape index (κ3) is 3.94. The van der Waals surface area contributed by atoms with Gasteiger partial charge in [0.05, 0.1) is 12.0 Å². The van der Waals surface area contributed by atoms with Crippen molar-refractivity contribution in [3.63, 3.8) is 0 Å². The highest BCUT2D eigenvalue weighted by molar-refractivity contribution is 5.94. The summed E-state index contributed by atoms with van der Waals surface area (Å²) in [7, 11) is 1.11. The zero-order valence-corrected chi connectivity index (χ0v) is 11.2. The van der Waals surface area contributed by atoms with E-state index in [4.69, 9.17) is 4.74 Å². The predicted molar refractivity (Wildman–Crippen MR) is 68.5 cm³/mol. The molecule has 0 aliphatic heterocycles. The number of nitro groups is 1. The smallest absolute Gasteiger partial charge is 0.413 e. The average Bonchev–Trinajstić information content (AvgIpc) is 2.40. The molecule has 8 nitrogen and oxygen atoms in total. The summed E-state index contributed by atoms with van der Waals surface area (Å²) < 4.78 is 9.47.